The second kappa shape index (κ2) is 11.2. The molecule has 1 N–H and O–H groups in total. The van der Waals surface area contributed by atoms with Crippen LogP contribution in [0.25, 0.3) is 16.7 Å². The van der Waals surface area contributed by atoms with Crippen molar-refractivity contribution >= 4 is 28.8 Å². The van der Waals surface area contributed by atoms with Crippen LogP contribution in [0.3, 0.4) is 0 Å². The molecule has 11 nitrogen and oxygen atoms in total. The molecule has 0 radical (unpaired) electrons. The van der Waals surface area contributed by atoms with Crippen LogP contribution in [0.5, 0.6) is 0 Å². The van der Waals surface area contributed by atoms with Crippen molar-refractivity contribution in [1.82, 2.24) is 19.1 Å². The van der Waals surface area contributed by atoms with Gasteiger partial charge in [-0.25, -0.2) is 19.1 Å². The zero-order chi connectivity index (χ0) is 27.4. The molecule has 0 saturated heterocycles. The highest BCUT2D eigenvalue weighted by atomic mass is 16.6. The Kier molecular flexibility index (Phi) is 7.94. The van der Waals surface area contributed by atoms with Gasteiger partial charge >= 0.3 is 17.8 Å². The number of hydrogen-bond donors (Lipinski definition) is 1. The van der Waals surface area contributed by atoms with Crippen LogP contribution in [0.1, 0.15) is 64.9 Å². The van der Waals surface area contributed by atoms with E-state index in [1.807, 2.05) is 0 Å². The highest BCUT2D eigenvalue weighted by Crippen LogP contribution is 2.22. The van der Waals surface area contributed by atoms with E-state index in [9.17, 15) is 19.2 Å². The number of nitrogens with one attached hydrogen (secondary N) is 1. The smallest absolute Gasteiger partial charge is 0.413 e. The van der Waals surface area contributed by atoms with Crippen LogP contribution in [0.4, 0.5) is 10.6 Å². The number of amides is 1. The number of aryl methyl sites for hydroxylation is 2. The fourth-order valence-corrected chi connectivity index (χ4v) is 4.47. The van der Waals surface area contributed by atoms with Gasteiger partial charge < -0.3 is 9.47 Å². The molecular formula is C27H33N5O6. The van der Waals surface area contributed by atoms with Crippen LogP contribution in [-0.2, 0) is 27.7 Å². The molecule has 202 valence electrons. The number of anilines is 1. The van der Waals surface area contributed by atoms with Crippen LogP contribution in [0.2, 0.25) is 0 Å². The summed E-state index contributed by atoms with van der Waals surface area (Å²) < 4.78 is 13.2. The Balaban J connectivity index is 1.66. The summed E-state index contributed by atoms with van der Waals surface area (Å²) in [6.45, 7) is 5.18. The van der Waals surface area contributed by atoms with Crippen molar-refractivity contribution in [1.29, 1.82) is 0 Å². The number of rotatable bonds is 6. The Morgan fingerprint density at radius 3 is 2.55 bits per heavy atom. The van der Waals surface area contributed by atoms with E-state index in [1.54, 1.807) is 26.8 Å². The van der Waals surface area contributed by atoms with Gasteiger partial charge in [0.25, 0.3) is 5.56 Å². The van der Waals surface area contributed by atoms with Crippen LogP contribution in [0.15, 0.2) is 40.2 Å². The molecule has 38 heavy (non-hydrogen) atoms. The summed E-state index contributed by atoms with van der Waals surface area (Å²) in [4.78, 5) is 59.8. The molecule has 3 aromatic heterocycles. The summed E-state index contributed by atoms with van der Waals surface area (Å²) in [7, 11) is 1.54. The van der Waals surface area contributed by atoms with Crippen molar-refractivity contribution in [3.05, 3.63) is 57.0 Å². The summed E-state index contributed by atoms with van der Waals surface area (Å²) in [5.41, 5.74) is -1.01. The molecule has 1 fully saturated rings. The highest BCUT2D eigenvalue weighted by molar-refractivity contribution is 5.85. The van der Waals surface area contributed by atoms with Crippen molar-refractivity contribution in [2.24, 2.45) is 7.05 Å². The maximum absolute atomic E-state index is 13.2. The van der Waals surface area contributed by atoms with E-state index in [0.29, 0.717) is 16.5 Å². The van der Waals surface area contributed by atoms with Gasteiger partial charge in [-0.15, -0.1) is 0 Å². The van der Waals surface area contributed by atoms with Gasteiger partial charge in [-0.2, -0.15) is 0 Å². The Labute approximate surface area is 219 Å². The van der Waals surface area contributed by atoms with Crippen LogP contribution < -0.4 is 16.6 Å². The van der Waals surface area contributed by atoms with E-state index in [0.717, 1.165) is 36.7 Å². The van der Waals surface area contributed by atoms with Gasteiger partial charge in [0.2, 0.25) is 0 Å². The molecule has 11 heteroatoms. The first kappa shape index (κ1) is 27.0. The van der Waals surface area contributed by atoms with Crippen LogP contribution in [0, 0.1) is 0 Å². The fourth-order valence-electron chi connectivity index (χ4n) is 4.47. The number of hydrogen-bond acceptors (Lipinski definition) is 8. The molecule has 1 saturated carbocycles. The number of esters is 1. The number of nitrogens with zero attached hydrogens (tertiary/aromatic N) is 4. The second-order valence-corrected chi connectivity index (χ2v) is 10.4. The minimum atomic E-state index is -0.759. The number of aromatic nitrogens is 4. The molecule has 0 aliphatic heterocycles. The average molecular weight is 524 g/mol. The topological polar surface area (TPSA) is 134 Å². The minimum Gasteiger partial charge on any atom is -0.462 e. The molecule has 0 atom stereocenters. The number of carbonyl (C=O) groups excluding carboxylic acids is 2. The first-order valence-electron chi connectivity index (χ1n) is 12.8. The Hall–Kier alpha value is -4.02. The lowest BCUT2D eigenvalue weighted by molar-refractivity contribution is -0.150. The quantitative estimate of drug-likeness (QED) is 0.484. The average Bonchev–Trinajstić information content (AvgIpc) is 2.86. The van der Waals surface area contributed by atoms with Crippen molar-refractivity contribution in [3.63, 3.8) is 0 Å². The summed E-state index contributed by atoms with van der Waals surface area (Å²) in [6.07, 6.45) is 7.45. The third-order valence-electron chi connectivity index (χ3n) is 6.33. The monoisotopic (exact) mass is 523 g/mol. The van der Waals surface area contributed by atoms with Gasteiger partial charge in [0.15, 0.2) is 0 Å². The number of pyridine rings is 2. The molecular weight excluding hydrogens is 490 g/mol. The highest BCUT2D eigenvalue weighted by Gasteiger charge is 2.22. The van der Waals surface area contributed by atoms with Crippen LogP contribution >= 0.6 is 0 Å². The largest absolute Gasteiger partial charge is 0.462 e. The van der Waals surface area contributed by atoms with Crippen molar-refractivity contribution in [2.45, 2.75) is 77.4 Å². The molecule has 0 spiro atoms. The summed E-state index contributed by atoms with van der Waals surface area (Å²) in [5.74, 6) is -0.211. The molecule has 3 heterocycles. The normalized spacial score (nSPS) is 14.3. The van der Waals surface area contributed by atoms with E-state index in [4.69, 9.17) is 9.47 Å². The standard InChI is InChI=1S/C27H33N5O6/c1-27(2,3)38-25(35)30-23-17(11-13-22(33)37-18-8-6-5-7-9-18)10-12-21(29-23)32-24(34)19-14-15-28-16-20(19)31(4)26(32)36/h10,12,14-16,18H,5-9,11,13H2,1-4H3,(H,29,30,35). The first-order valence-corrected chi connectivity index (χ1v) is 12.8. The van der Waals surface area contributed by atoms with E-state index < -0.39 is 22.9 Å². The lowest BCUT2D eigenvalue weighted by Crippen LogP contribution is -2.38. The van der Waals surface area contributed by atoms with E-state index in [1.165, 1.54) is 36.1 Å². The molecule has 3 aromatic rings. The lowest BCUT2D eigenvalue weighted by Gasteiger charge is -2.22. The van der Waals surface area contributed by atoms with Crippen molar-refractivity contribution < 1.29 is 19.1 Å². The Morgan fingerprint density at radius 2 is 1.84 bits per heavy atom. The maximum atomic E-state index is 13.2. The van der Waals surface area contributed by atoms with Crippen molar-refractivity contribution in [3.8, 4) is 5.82 Å². The third kappa shape index (κ3) is 6.27. The molecule has 1 aliphatic carbocycles. The first-order chi connectivity index (χ1) is 18.0. The summed E-state index contributed by atoms with van der Waals surface area (Å²) in [6, 6.07) is 4.67. The predicted octanol–water partition coefficient (Wildman–Crippen LogP) is 3.63. The zero-order valence-electron chi connectivity index (χ0n) is 22.2. The van der Waals surface area contributed by atoms with Gasteiger partial charge in [-0.1, -0.05) is 12.5 Å². The molecule has 1 amide bonds. The van der Waals surface area contributed by atoms with E-state index >= 15 is 0 Å². The van der Waals surface area contributed by atoms with Gasteiger partial charge in [-0.3, -0.25) is 24.5 Å². The number of fused-ring (bicyclic) bond motifs is 1. The zero-order valence-corrected chi connectivity index (χ0v) is 22.2. The van der Waals surface area contributed by atoms with E-state index in [-0.39, 0.29) is 36.6 Å². The van der Waals surface area contributed by atoms with Gasteiger partial charge in [0.1, 0.15) is 23.3 Å². The third-order valence-corrected chi connectivity index (χ3v) is 6.33. The summed E-state index contributed by atoms with van der Waals surface area (Å²) in [5, 5.41) is 2.91. The number of ether oxygens (including phenoxy) is 2. The minimum absolute atomic E-state index is 0.0221. The lowest BCUT2D eigenvalue weighted by atomic mass is 9.98. The molecule has 0 bridgehead atoms. The molecule has 0 aromatic carbocycles. The Bertz CT molecular complexity index is 1460. The van der Waals surface area contributed by atoms with Gasteiger partial charge in [0, 0.05) is 19.7 Å². The predicted molar refractivity (Wildman–Crippen MR) is 142 cm³/mol. The fraction of sp³-hybridized carbons (Fsp3) is 0.481. The second-order valence-electron chi connectivity index (χ2n) is 10.4. The van der Waals surface area contributed by atoms with Crippen LogP contribution in [-0.4, -0.2) is 42.9 Å². The van der Waals surface area contributed by atoms with E-state index in [2.05, 4.69) is 15.3 Å². The van der Waals surface area contributed by atoms with Gasteiger partial charge in [-0.05, 0) is 70.6 Å². The van der Waals surface area contributed by atoms with Gasteiger partial charge in [0.05, 0.1) is 17.1 Å². The molecule has 1 aliphatic rings. The van der Waals surface area contributed by atoms with Crippen molar-refractivity contribution in [2.75, 3.05) is 5.32 Å². The summed E-state index contributed by atoms with van der Waals surface area (Å²) >= 11 is 0. The molecule has 4 rings (SSSR count). The Morgan fingerprint density at radius 1 is 1.11 bits per heavy atom. The molecule has 0 unspecified atom stereocenters. The SMILES string of the molecule is Cn1c(=O)n(-c2ccc(CCC(=O)OC3CCCCC3)c(NC(=O)OC(C)(C)C)n2)c(=O)c2ccncc21. The maximum Gasteiger partial charge on any atom is 0.413 e. The number of carbonyl (C=O) groups is 2.